The largest absolute Gasteiger partial charge is 0.489 e. The summed E-state index contributed by atoms with van der Waals surface area (Å²) in [4.78, 5) is 27.2. The summed E-state index contributed by atoms with van der Waals surface area (Å²) in [6, 6.07) is 4.58. The number of nitrogens with zero attached hydrogens (tertiary/aromatic N) is 2. The van der Waals surface area contributed by atoms with Crippen molar-refractivity contribution in [2.45, 2.75) is 18.9 Å². The van der Waals surface area contributed by atoms with Crippen molar-refractivity contribution in [2.75, 3.05) is 51.8 Å². The third-order valence-electron chi connectivity index (χ3n) is 4.22. The molecule has 7 heteroatoms. The SMILES string of the molecule is CN(C)c1cc(C(=O)NCCN2CCCC2)ccc1OC[C@H](N)C=O. The molecule has 0 aromatic heterocycles. The maximum Gasteiger partial charge on any atom is 0.251 e. The van der Waals surface area contributed by atoms with Crippen LogP contribution >= 0.6 is 0 Å². The van der Waals surface area contributed by atoms with E-state index in [0.717, 1.165) is 25.3 Å². The minimum atomic E-state index is -0.663. The molecule has 1 saturated heterocycles. The molecule has 0 saturated carbocycles. The number of nitrogens with two attached hydrogens (primary N) is 1. The van der Waals surface area contributed by atoms with E-state index in [-0.39, 0.29) is 12.5 Å². The van der Waals surface area contributed by atoms with Gasteiger partial charge >= 0.3 is 0 Å². The molecule has 0 spiro atoms. The summed E-state index contributed by atoms with van der Waals surface area (Å²) in [5, 5.41) is 2.96. The number of rotatable bonds is 9. The Hall–Kier alpha value is -2.12. The minimum Gasteiger partial charge on any atom is -0.489 e. The number of ether oxygens (including phenoxy) is 1. The van der Waals surface area contributed by atoms with Crippen molar-refractivity contribution in [3.05, 3.63) is 23.8 Å². The molecule has 138 valence electrons. The Morgan fingerprint density at radius 1 is 1.40 bits per heavy atom. The number of amides is 1. The maximum absolute atomic E-state index is 12.4. The molecule has 1 aliphatic rings. The number of hydrogen-bond acceptors (Lipinski definition) is 6. The van der Waals surface area contributed by atoms with E-state index in [1.807, 2.05) is 19.0 Å². The summed E-state index contributed by atoms with van der Waals surface area (Å²) in [7, 11) is 3.74. The van der Waals surface area contributed by atoms with Gasteiger partial charge in [0.1, 0.15) is 18.6 Å². The highest BCUT2D eigenvalue weighted by molar-refractivity contribution is 5.95. The van der Waals surface area contributed by atoms with Crippen molar-refractivity contribution in [3.63, 3.8) is 0 Å². The molecule has 0 aliphatic carbocycles. The van der Waals surface area contributed by atoms with Crippen molar-refractivity contribution in [1.82, 2.24) is 10.2 Å². The third kappa shape index (κ3) is 5.72. The van der Waals surface area contributed by atoms with E-state index in [4.69, 9.17) is 10.5 Å². The van der Waals surface area contributed by atoms with Crippen LogP contribution in [0.4, 0.5) is 5.69 Å². The van der Waals surface area contributed by atoms with Crippen molar-refractivity contribution in [2.24, 2.45) is 5.73 Å². The summed E-state index contributed by atoms with van der Waals surface area (Å²) < 4.78 is 5.60. The first-order valence-electron chi connectivity index (χ1n) is 8.67. The van der Waals surface area contributed by atoms with Crippen LogP contribution in [-0.4, -0.2) is 70.0 Å². The van der Waals surface area contributed by atoms with Gasteiger partial charge in [-0.05, 0) is 44.1 Å². The molecule has 25 heavy (non-hydrogen) atoms. The zero-order chi connectivity index (χ0) is 18.2. The van der Waals surface area contributed by atoms with E-state index in [9.17, 15) is 9.59 Å². The molecule has 1 amide bonds. The number of aldehydes is 1. The number of benzene rings is 1. The average molecular weight is 348 g/mol. The van der Waals surface area contributed by atoms with Crippen LogP contribution in [0.3, 0.4) is 0 Å². The summed E-state index contributed by atoms with van der Waals surface area (Å²) >= 11 is 0. The van der Waals surface area contributed by atoms with Crippen LogP contribution in [0.15, 0.2) is 18.2 Å². The second-order valence-electron chi connectivity index (χ2n) is 6.49. The molecular weight excluding hydrogens is 320 g/mol. The zero-order valence-corrected chi connectivity index (χ0v) is 15.0. The molecule has 0 bridgehead atoms. The van der Waals surface area contributed by atoms with Gasteiger partial charge in [-0.15, -0.1) is 0 Å². The molecule has 1 fully saturated rings. The predicted octanol–water partition coefficient (Wildman–Crippen LogP) is 0.483. The highest BCUT2D eigenvalue weighted by atomic mass is 16.5. The molecule has 0 unspecified atom stereocenters. The van der Waals surface area contributed by atoms with Crippen LogP contribution in [0.2, 0.25) is 0 Å². The van der Waals surface area contributed by atoms with Crippen LogP contribution in [0.1, 0.15) is 23.2 Å². The summed E-state index contributed by atoms with van der Waals surface area (Å²) in [6.45, 7) is 3.87. The van der Waals surface area contributed by atoms with Crippen molar-refractivity contribution in [1.29, 1.82) is 0 Å². The van der Waals surface area contributed by atoms with Crippen LogP contribution in [0.5, 0.6) is 5.75 Å². The normalized spacial score (nSPS) is 15.6. The molecule has 3 N–H and O–H groups in total. The van der Waals surface area contributed by atoms with E-state index in [0.29, 0.717) is 24.1 Å². The fraction of sp³-hybridized carbons (Fsp3) is 0.556. The van der Waals surface area contributed by atoms with E-state index < -0.39 is 6.04 Å². The monoisotopic (exact) mass is 348 g/mol. The predicted molar refractivity (Wildman–Crippen MR) is 98.3 cm³/mol. The van der Waals surface area contributed by atoms with Gasteiger partial charge in [0.15, 0.2) is 0 Å². The fourth-order valence-corrected chi connectivity index (χ4v) is 2.79. The molecule has 0 radical (unpaired) electrons. The lowest BCUT2D eigenvalue weighted by molar-refractivity contribution is -0.109. The highest BCUT2D eigenvalue weighted by Gasteiger charge is 2.14. The van der Waals surface area contributed by atoms with Gasteiger partial charge in [-0.25, -0.2) is 0 Å². The van der Waals surface area contributed by atoms with Gasteiger partial charge in [-0.1, -0.05) is 0 Å². The molecule has 1 aromatic carbocycles. The quantitative estimate of drug-likeness (QED) is 0.631. The van der Waals surface area contributed by atoms with Crippen LogP contribution in [0, 0.1) is 0 Å². The van der Waals surface area contributed by atoms with Crippen LogP contribution in [0.25, 0.3) is 0 Å². The van der Waals surface area contributed by atoms with Crippen LogP contribution in [-0.2, 0) is 4.79 Å². The van der Waals surface area contributed by atoms with Crippen molar-refractivity contribution >= 4 is 17.9 Å². The molecule has 1 aliphatic heterocycles. The number of nitrogens with one attached hydrogen (secondary N) is 1. The Morgan fingerprint density at radius 2 is 2.12 bits per heavy atom. The van der Waals surface area contributed by atoms with Crippen molar-refractivity contribution < 1.29 is 14.3 Å². The van der Waals surface area contributed by atoms with Gasteiger partial charge in [0.2, 0.25) is 0 Å². The van der Waals surface area contributed by atoms with Gasteiger partial charge < -0.3 is 30.4 Å². The molecule has 2 rings (SSSR count). The maximum atomic E-state index is 12.4. The van der Waals surface area contributed by atoms with Crippen LogP contribution < -0.4 is 20.7 Å². The molecular formula is C18H28N4O3. The summed E-state index contributed by atoms with van der Waals surface area (Å²) in [6.07, 6.45) is 3.14. The Bertz CT molecular complexity index is 586. The lowest BCUT2D eigenvalue weighted by atomic mass is 10.1. The second kappa shape index (κ2) is 9.39. The van der Waals surface area contributed by atoms with Crippen molar-refractivity contribution in [3.8, 4) is 5.75 Å². The standard InChI is InChI=1S/C18H28N4O3/c1-21(2)16-11-14(5-6-17(16)25-13-15(19)12-23)18(24)20-7-10-22-8-3-4-9-22/h5-6,11-12,15H,3-4,7-10,13,19H2,1-2H3,(H,20,24)/t15-/m1/s1. The van der Waals surface area contributed by atoms with Gasteiger partial charge in [0.05, 0.1) is 11.7 Å². The molecule has 1 aromatic rings. The number of likely N-dealkylation sites (tertiary alicyclic amines) is 1. The summed E-state index contributed by atoms with van der Waals surface area (Å²) in [5.41, 5.74) is 6.91. The Kier molecular flexibility index (Phi) is 7.21. The highest BCUT2D eigenvalue weighted by Crippen LogP contribution is 2.28. The first-order chi connectivity index (χ1) is 12.0. The number of carbonyl (C=O) groups excluding carboxylic acids is 2. The Labute approximate surface area is 149 Å². The fourth-order valence-electron chi connectivity index (χ4n) is 2.79. The number of anilines is 1. The smallest absolute Gasteiger partial charge is 0.251 e. The van der Waals surface area contributed by atoms with Gasteiger partial charge in [-0.3, -0.25) is 4.79 Å². The lowest BCUT2D eigenvalue weighted by Crippen LogP contribution is -2.33. The number of carbonyl (C=O) groups is 2. The third-order valence-corrected chi connectivity index (χ3v) is 4.22. The first-order valence-corrected chi connectivity index (χ1v) is 8.67. The Balaban J connectivity index is 1.96. The van der Waals surface area contributed by atoms with Gasteiger partial charge in [0.25, 0.3) is 5.91 Å². The van der Waals surface area contributed by atoms with E-state index in [1.54, 1.807) is 18.2 Å². The van der Waals surface area contributed by atoms with E-state index >= 15 is 0 Å². The average Bonchev–Trinajstić information content (AvgIpc) is 3.12. The molecule has 1 heterocycles. The molecule has 7 nitrogen and oxygen atoms in total. The summed E-state index contributed by atoms with van der Waals surface area (Å²) in [5.74, 6) is 0.495. The minimum absolute atomic E-state index is 0.0987. The lowest BCUT2D eigenvalue weighted by Gasteiger charge is -2.20. The van der Waals surface area contributed by atoms with Gasteiger partial charge in [0, 0.05) is 32.7 Å². The number of hydrogen-bond donors (Lipinski definition) is 2. The zero-order valence-electron chi connectivity index (χ0n) is 15.0. The molecule has 1 atom stereocenters. The first kappa shape index (κ1) is 19.2. The van der Waals surface area contributed by atoms with E-state index in [2.05, 4.69) is 10.2 Å². The Morgan fingerprint density at radius 3 is 2.76 bits per heavy atom. The second-order valence-corrected chi connectivity index (χ2v) is 6.49. The van der Waals surface area contributed by atoms with Gasteiger partial charge in [-0.2, -0.15) is 0 Å². The van der Waals surface area contributed by atoms with E-state index in [1.165, 1.54) is 12.8 Å². The topological polar surface area (TPSA) is 87.9 Å².